The molecule has 1 amide bonds. The smallest absolute Gasteiger partial charge is 0.344 e. The second-order valence-corrected chi connectivity index (χ2v) is 6.36. The van der Waals surface area contributed by atoms with Crippen LogP contribution in [0.5, 0.6) is 5.75 Å². The normalized spacial score (nSPS) is 10.3. The van der Waals surface area contributed by atoms with Crippen LogP contribution < -0.4 is 9.64 Å². The second kappa shape index (κ2) is 10.0. The summed E-state index contributed by atoms with van der Waals surface area (Å²) < 4.78 is 23.7. The van der Waals surface area contributed by atoms with Crippen LogP contribution in [0, 0.1) is 17.1 Å². The van der Waals surface area contributed by atoms with Gasteiger partial charge in [-0.2, -0.15) is 5.26 Å². The molecule has 3 aromatic carbocycles. The highest BCUT2D eigenvalue weighted by Gasteiger charge is 2.18. The average molecular weight is 406 g/mol. The van der Waals surface area contributed by atoms with E-state index in [1.54, 1.807) is 6.07 Å². The molecule has 3 rings (SSSR count). The van der Waals surface area contributed by atoms with Crippen LogP contribution >= 0.6 is 0 Å². The number of hydrogen-bond acceptors (Lipinski definition) is 5. The van der Waals surface area contributed by atoms with E-state index >= 15 is 0 Å². The number of rotatable bonds is 8. The molecule has 152 valence electrons. The molecule has 0 atom stereocenters. The number of ether oxygens (including phenoxy) is 2. The lowest BCUT2D eigenvalue weighted by Crippen LogP contribution is -2.36. The van der Waals surface area contributed by atoms with Crippen molar-refractivity contribution >= 4 is 28.3 Å². The predicted octanol–water partition coefficient (Wildman–Crippen LogP) is 3.85. The first-order valence-electron chi connectivity index (χ1n) is 9.27. The van der Waals surface area contributed by atoms with Crippen molar-refractivity contribution in [2.24, 2.45) is 0 Å². The van der Waals surface area contributed by atoms with E-state index in [9.17, 15) is 14.0 Å². The number of nitriles is 1. The molecule has 0 N–H and O–H groups in total. The van der Waals surface area contributed by atoms with Crippen molar-refractivity contribution < 1.29 is 23.5 Å². The first-order chi connectivity index (χ1) is 14.6. The number of esters is 1. The highest BCUT2D eigenvalue weighted by molar-refractivity contribution is 5.95. The van der Waals surface area contributed by atoms with Crippen LogP contribution in [0.15, 0.2) is 66.7 Å². The fourth-order valence-electron chi connectivity index (χ4n) is 2.90. The van der Waals surface area contributed by atoms with Gasteiger partial charge >= 0.3 is 5.97 Å². The number of hydrogen-bond donors (Lipinski definition) is 0. The minimum Gasteiger partial charge on any atom is -0.481 e. The Morgan fingerprint density at radius 2 is 1.70 bits per heavy atom. The van der Waals surface area contributed by atoms with E-state index in [4.69, 9.17) is 14.7 Å². The number of carbonyl (C=O) groups is 2. The van der Waals surface area contributed by atoms with Crippen molar-refractivity contribution in [1.82, 2.24) is 0 Å². The maximum atomic E-state index is 13.1. The molecule has 0 fully saturated rings. The van der Waals surface area contributed by atoms with Crippen LogP contribution in [0.3, 0.4) is 0 Å². The highest BCUT2D eigenvalue weighted by atomic mass is 19.1. The molecule has 7 heteroatoms. The van der Waals surface area contributed by atoms with E-state index in [0.717, 1.165) is 10.8 Å². The van der Waals surface area contributed by atoms with E-state index in [1.165, 1.54) is 29.2 Å². The number of nitrogens with zero attached hydrogens (tertiary/aromatic N) is 2. The average Bonchev–Trinajstić information content (AvgIpc) is 2.77. The highest BCUT2D eigenvalue weighted by Crippen LogP contribution is 2.25. The largest absolute Gasteiger partial charge is 0.481 e. The number of benzene rings is 3. The van der Waals surface area contributed by atoms with Crippen molar-refractivity contribution in [2.75, 3.05) is 24.7 Å². The predicted molar refractivity (Wildman–Crippen MR) is 109 cm³/mol. The molecule has 30 heavy (non-hydrogen) atoms. The van der Waals surface area contributed by atoms with Gasteiger partial charge < -0.3 is 14.4 Å². The van der Waals surface area contributed by atoms with Crippen molar-refractivity contribution in [3.05, 3.63) is 72.5 Å². The van der Waals surface area contributed by atoms with Gasteiger partial charge in [0.1, 0.15) is 11.6 Å². The Kier molecular flexibility index (Phi) is 6.95. The number of fused-ring (bicyclic) bond motifs is 1. The van der Waals surface area contributed by atoms with Crippen LogP contribution in [0.25, 0.3) is 10.8 Å². The topological polar surface area (TPSA) is 79.6 Å². The molecule has 0 bridgehead atoms. The van der Waals surface area contributed by atoms with Gasteiger partial charge in [-0.25, -0.2) is 9.18 Å². The van der Waals surface area contributed by atoms with Gasteiger partial charge in [0.05, 0.1) is 12.5 Å². The number of halogens is 1. The Morgan fingerprint density at radius 3 is 2.47 bits per heavy atom. The summed E-state index contributed by atoms with van der Waals surface area (Å²) in [5.74, 6) is -1.12. The van der Waals surface area contributed by atoms with Crippen LogP contribution in [-0.2, 0) is 14.3 Å². The maximum Gasteiger partial charge on any atom is 0.344 e. The van der Waals surface area contributed by atoms with Crippen molar-refractivity contribution in [3.63, 3.8) is 0 Å². The van der Waals surface area contributed by atoms with Crippen molar-refractivity contribution in [2.45, 2.75) is 6.42 Å². The number of amides is 1. The Bertz CT molecular complexity index is 1070. The molecular weight excluding hydrogens is 387 g/mol. The van der Waals surface area contributed by atoms with Crippen LogP contribution in [0.1, 0.15) is 6.42 Å². The lowest BCUT2D eigenvalue weighted by molar-refractivity contribution is -0.149. The van der Waals surface area contributed by atoms with Gasteiger partial charge in [-0.05, 0) is 35.7 Å². The van der Waals surface area contributed by atoms with E-state index in [2.05, 4.69) is 0 Å². The summed E-state index contributed by atoms with van der Waals surface area (Å²) in [4.78, 5) is 25.8. The van der Waals surface area contributed by atoms with Gasteiger partial charge in [0.2, 0.25) is 0 Å². The van der Waals surface area contributed by atoms with Crippen LogP contribution in [-0.4, -0.2) is 31.6 Å². The summed E-state index contributed by atoms with van der Waals surface area (Å²) in [6.45, 7) is -0.762. The van der Waals surface area contributed by atoms with Crippen molar-refractivity contribution in [1.29, 1.82) is 5.26 Å². The van der Waals surface area contributed by atoms with E-state index < -0.39 is 24.3 Å². The fourth-order valence-corrected chi connectivity index (χ4v) is 2.90. The summed E-state index contributed by atoms with van der Waals surface area (Å²) in [7, 11) is 0. The van der Waals surface area contributed by atoms with Crippen molar-refractivity contribution in [3.8, 4) is 11.8 Å². The molecule has 0 aliphatic carbocycles. The van der Waals surface area contributed by atoms with Gasteiger partial charge in [-0.1, -0.05) is 36.4 Å². The molecule has 0 unspecified atom stereocenters. The first kappa shape index (κ1) is 20.8. The third-order valence-electron chi connectivity index (χ3n) is 4.34. The maximum absolute atomic E-state index is 13.1. The van der Waals surface area contributed by atoms with Gasteiger partial charge in [0, 0.05) is 17.6 Å². The molecule has 0 radical (unpaired) electrons. The molecule has 3 aromatic rings. The Labute approximate surface area is 173 Å². The SMILES string of the molecule is N#CCCN(C(=O)COC(=O)COc1cccc2ccccc12)c1ccc(F)cc1. The van der Waals surface area contributed by atoms with E-state index in [1.807, 2.05) is 42.5 Å². The molecule has 0 aliphatic rings. The molecule has 0 aliphatic heterocycles. The van der Waals surface area contributed by atoms with E-state index in [-0.39, 0.29) is 19.6 Å². The Hall–Kier alpha value is -3.92. The zero-order valence-electron chi connectivity index (χ0n) is 16.1. The van der Waals surface area contributed by atoms with Gasteiger partial charge in [0.25, 0.3) is 5.91 Å². The zero-order chi connectivity index (χ0) is 21.3. The summed E-state index contributed by atoms with van der Waals surface area (Å²) in [6.07, 6.45) is 0.0846. The third kappa shape index (κ3) is 5.32. The van der Waals surface area contributed by atoms with E-state index in [0.29, 0.717) is 11.4 Å². The van der Waals surface area contributed by atoms with Gasteiger partial charge in [-0.15, -0.1) is 0 Å². The lowest BCUT2D eigenvalue weighted by atomic mass is 10.1. The second-order valence-electron chi connectivity index (χ2n) is 6.36. The molecule has 0 aromatic heterocycles. The Balaban J connectivity index is 1.57. The Morgan fingerprint density at radius 1 is 0.967 bits per heavy atom. The summed E-state index contributed by atoms with van der Waals surface area (Å²) in [6, 6.07) is 20.3. The van der Waals surface area contributed by atoms with Crippen LogP contribution in [0.4, 0.5) is 10.1 Å². The fraction of sp³-hybridized carbons (Fsp3) is 0.174. The molecule has 0 saturated heterocycles. The van der Waals surface area contributed by atoms with Gasteiger partial charge in [-0.3, -0.25) is 4.79 Å². The molecular formula is C23H19FN2O4. The molecule has 0 spiro atoms. The zero-order valence-corrected chi connectivity index (χ0v) is 16.1. The summed E-state index contributed by atoms with van der Waals surface area (Å²) in [5.41, 5.74) is 0.416. The molecule has 6 nitrogen and oxygen atoms in total. The standard InChI is InChI=1S/C23H19FN2O4/c24-18-9-11-19(12-10-18)26(14-4-13-25)22(27)15-30-23(28)16-29-21-8-3-6-17-5-1-2-7-20(17)21/h1-3,5-12H,4,14-16H2. The summed E-state index contributed by atoms with van der Waals surface area (Å²) >= 11 is 0. The minimum atomic E-state index is -0.698. The quantitative estimate of drug-likeness (QED) is 0.531. The molecule has 0 saturated carbocycles. The number of carbonyl (C=O) groups excluding carboxylic acids is 2. The number of anilines is 1. The first-order valence-corrected chi connectivity index (χ1v) is 9.27. The minimum absolute atomic E-state index is 0.0846. The third-order valence-corrected chi connectivity index (χ3v) is 4.34. The van der Waals surface area contributed by atoms with Crippen LogP contribution in [0.2, 0.25) is 0 Å². The summed E-state index contributed by atoms with van der Waals surface area (Å²) in [5, 5.41) is 10.7. The monoisotopic (exact) mass is 406 g/mol. The van der Waals surface area contributed by atoms with Gasteiger partial charge in [0.15, 0.2) is 13.2 Å². The lowest BCUT2D eigenvalue weighted by Gasteiger charge is -2.21. The molecule has 0 heterocycles.